The van der Waals surface area contributed by atoms with Crippen LogP contribution in [0, 0.1) is 0 Å². The molecule has 1 aromatic rings. The molecule has 0 saturated carbocycles. The fraction of sp³-hybridized carbons (Fsp3) is 0.500. The van der Waals surface area contributed by atoms with Crippen LogP contribution < -0.4 is 5.32 Å². The molecule has 0 spiro atoms. The maximum atomic E-state index is 12.6. The molecule has 21 heavy (non-hydrogen) atoms. The minimum atomic E-state index is -4.75. The van der Waals surface area contributed by atoms with Crippen LogP contribution in [-0.4, -0.2) is 40.1 Å². The van der Waals surface area contributed by atoms with Crippen molar-refractivity contribution in [1.82, 2.24) is 0 Å². The summed E-state index contributed by atoms with van der Waals surface area (Å²) in [5.74, 6) is -3.79. The molecule has 0 saturated heterocycles. The number of anilines is 1. The van der Waals surface area contributed by atoms with E-state index in [0.717, 1.165) is 6.07 Å². The van der Waals surface area contributed by atoms with Crippen LogP contribution >= 0.6 is 0 Å². The molecule has 0 aliphatic rings. The van der Waals surface area contributed by atoms with Gasteiger partial charge in [0.2, 0.25) is 9.84 Å². The van der Waals surface area contributed by atoms with Crippen LogP contribution in [0.1, 0.15) is 13.8 Å². The lowest BCUT2D eigenvalue weighted by Gasteiger charge is -2.17. The maximum Gasteiger partial charge on any atom is 0.341 e. The summed E-state index contributed by atoms with van der Waals surface area (Å²) in [4.78, 5) is -0.541. The number of hydrogen-bond acceptors (Lipinski definition) is 5. The summed E-state index contributed by atoms with van der Waals surface area (Å²) in [6.07, 6.45) is 0. The number of nitrogens with one attached hydrogen (secondary N) is 1. The third kappa shape index (κ3) is 4.63. The summed E-state index contributed by atoms with van der Waals surface area (Å²) in [7, 11) is -8.01. The first kappa shape index (κ1) is 17.8. The molecule has 0 heterocycles. The van der Waals surface area contributed by atoms with Crippen LogP contribution in [0.4, 0.5) is 14.5 Å². The Morgan fingerprint density at radius 1 is 1.14 bits per heavy atom. The number of alkyl halides is 2. The second kappa shape index (κ2) is 6.69. The van der Waals surface area contributed by atoms with Gasteiger partial charge in [-0.05, 0) is 19.1 Å². The Bertz CT molecular complexity index is 687. The first-order valence-corrected chi connectivity index (χ1v) is 9.55. The number of rotatable bonds is 7. The molecule has 1 unspecified atom stereocenters. The number of halogens is 2. The summed E-state index contributed by atoms with van der Waals surface area (Å²) in [5, 5.41) is 2.67. The van der Waals surface area contributed by atoms with Gasteiger partial charge in [-0.3, -0.25) is 0 Å². The van der Waals surface area contributed by atoms with E-state index in [0.29, 0.717) is 0 Å². The second-order valence-electron chi connectivity index (χ2n) is 4.55. The zero-order valence-electron chi connectivity index (χ0n) is 11.6. The van der Waals surface area contributed by atoms with E-state index in [9.17, 15) is 25.6 Å². The van der Waals surface area contributed by atoms with Gasteiger partial charge in [-0.2, -0.15) is 8.78 Å². The molecule has 120 valence electrons. The van der Waals surface area contributed by atoms with Gasteiger partial charge in [0.1, 0.15) is 0 Å². The molecule has 0 aliphatic carbocycles. The smallest absolute Gasteiger partial charge is 0.341 e. The van der Waals surface area contributed by atoms with Crippen LogP contribution in [0.25, 0.3) is 0 Å². The standard InChI is InChI=1S/C12H17F2NO4S2/c1-3-20(16,17)8-9(2)15-10-6-4-5-7-11(10)21(18,19)12(13)14/h4-7,9,12,15H,3,8H2,1-2H3. The highest BCUT2D eigenvalue weighted by molar-refractivity contribution is 7.92. The first-order valence-electron chi connectivity index (χ1n) is 6.18. The van der Waals surface area contributed by atoms with Gasteiger partial charge >= 0.3 is 5.76 Å². The van der Waals surface area contributed by atoms with Crippen molar-refractivity contribution >= 4 is 25.4 Å². The van der Waals surface area contributed by atoms with Crippen molar-refractivity contribution < 1.29 is 25.6 Å². The lowest BCUT2D eigenvalue weighted by molar-refractivity contribution is 0.235. The largest absolute Gasteiger partial charge is 0.381 e. The van der Waals surface area contributed by atoms with Crippen LogP contribution in [0.5, 0.6) is 0 Å². The normalized spacial score (nSPS) is 14.1. The molecule has 0 aromatic heterocycles. The van der Waals surface area contributed by atoms with Crippen LogP contribution in [0.3, 0.4) is 0 Å². The van der Waals surface area contributed by atoms with E-state index >= 15 is 0 Å². The third-order valence-electron chi connectivity index (χ3n) is 2.77. The molecular formula is C12H17F2NO4S2. The first-order chi connectivity index (χ1) is 9.60. The average Bonchev–Trinajstić information content (AvgIpc) is 2.38. The van der Waals surface area contributed by atoms with Gasteiger partial charge in [-0.15, -0.1) is 0 Å². The van der Waals surface area contributed by atoms with Crippen molar-refractivity contribution in [2.24, 2.45) is 0 Å². The fourth-order valence-electron chi connectivity index (χ4n) is 1.74. The number of hydrogen-bond donors (Lipinski definition) is 1. The zero-order valence-corrected chi connectivity index (χ0v) is 13.2. The molecule has 1 atom stereocenters. The minimum Gasteiger partial charge on any atom is -0.381 e. The Labute approximate surface area is 123 Å². The molecule has 5 nitrogen and oxygen atoms in total. The number of sulfone groups is 2. The summed E-state index contributed by atoms with van der Waals surface area (Å²) in [5.41, 5.74) is -0.0309. The van der Waals surface area contributed by atoms with E-state index < -0.39 is 36.4 Å². The molecule has 1 N–H and O–H groups in total. The number of para-hydroxylation sites is 1. The van der Waals surface area contributed by atoms with Crippen molar-refractivity contribution in [2.75, 3.05) is 16.8 Å². The Morgan fingerprint density at radius 2 is 1.71 bits per heavy atom. The predicted octanol–water partition coefficient (Wildman–Crippen LogP) is 1.92. The quantitative estimate of drug-likeness (QED) is 0.819. The highest BCUT2D eigenvalue weighted by Crippen LogP contribution is 2.26. The van der Waals surface area contributed by atoms with E-state index in [-0.39, 0.29) is 17.2 Å². The van der Waals surface area contributed by atoms with E-state index in [1.54, 1.807) is 6.92 Å². The Kier molecular flexibility index (Phi) is 5.68. The molecular weight excluding hydrogens is 324 g/mol. The molecule has 1 aromatic carbocycles. The fourth-order valence-corrected chi connectivity index (χ4v) is 3.71. The summed E-state index contributed by atoms with van der Waals surface area (Å²) >= 11 is 0. The van der Waals surface area contributed by atoms with Gasteiger partial charge in [0.25, 0.3) is 0 Å². The van der Waals surface area contributed by atoms with Crippen LogP contribution in [0.15, 0.2) is 29.2 Å². The number of benzene rings is 1. The zero-order chi connectivity index (χ0) is 16.3. The van der Waals surface area contributed by atoms with Gasteiger partial charge in [-0.25, -0.2) is 16.8 Å². The lowest BCUT2D eigenvalue weighted by atomic mass is 10.3. The van der Waals surface area contributed by atoms with Gasteiger partial charge in [0.05, 0.1) is 16.3 Å². The van der Waals surface area contributed by atoms with Crippen molar-refractivity contribution in [3.8, 4) is 0 Å². The topological polar surface area (TPSA) is 80.3 Å². The lowest BCUT2D eigenvalue weighted by Crippen LogP contribution is -2.27. The summed E-state index contributed by atoms with van der Waals surface area (Å²) < 4.78 is 71.4. The maximum absolute atomic E-state index is 12.6. The molecule has 0 bridgehead atoms. The third-order valence-corrected chi connectivity index (χ3v) is 6.10. The highest BCUT2D eigenvalue weighted by Gasteiger charge is 2.29. The monoisotopic (exact) mass is 341 g/mol. The second-order valence-corrected chi connectivity index (χ2v) is 8.83. The Hall–Kier alpha value is -1.22. The van der Waals surface area contributed by atoms with Crippen molar-refractivity contribution in [2.45, 2.75) is 30.5 Å². The van der Waals surface area contributed by atoms with Gasteiger partial charge < -0.3 is 5.32 Å². The van der Waals surface area contributed by atoms with E-state index in [1.807, 2.05) is 0 Å². The van der Waals surface area contributed by atoms with E-state index in [1.165, 1.54) is 25.1 Å². The SMILES string of the molecule is CCS(=O)(=O)CC(C)Nc1ccccc1S(=O)(=O)C(F)F. The van der Waals surface area contributed by atoms with Crippen LogP contribution in [0.2, 0.25) is 0 Å². The van der Waals surface area contributed by atoms with Gasteiger partial charge in [0.15, 0.2) is 9.84 Å². The summed E-state index contributed by atoms with van der Waals surface area (Å²) in [6.45, 7) is 3.04. The van der Waals surface area contributed by atoms with Gasteiger partial charge in [0, 0.05) is 11.8 Å². The highest BCUT2D eigenvalue weighted by atomic mass is 32.2. The van der Waals surface area contributed by atoms with Crippen LogP contribution in [-0.2, 0) is 19.7 Å². The van der Waals surface area contributed by atoms with E-state index in [4.69, 9.17) is 0 Å². The average molecular weight is 341 g/mol. The predicted molar refractivity (Wildman–Crippen MR) is 77.0 cm³/mol. The van der Waals surface area contributed by atoms with Crippen molar-refractivity contribution in [3.05, 3.63) is 24.3 Å². The Morgan fingerprint density at radius 3 is 2.24 bits per heavy atom. The molecule has 0 fully saturated rings. The van der Waals surface area contributed by atoms with Crippen molar-refractivity contribution in [3.63, 3.8) is 0 Å². The van der Waals surface area contributed by atoms with Gasteiger partial charge in [-0.1, -0.05) is 19.1 Å². The molecule has 0 aliphatic heterocycles. The molecule has 9 heteroatoms. The molecule has 0 radical (unpaired) electrons. The van der Waals surface area contributed by atoms with E-state index in [2.05, 4.69) is 5.32 Å². The summed E-state index contributed by atoms with van der Waals surface area (Å²) in [6, 6.07) is 4.58. The Balaban J connectivity index is 3.06. The van der Waals surface area contributed by atoms with Crippen molar-refractivity contribution in [1.29, 1.82) is 0 Å². The molecule has 1 rings (SSSR count). The minimum absolute atomic E-state index is 0.0309. The molecule has 0 amide bonds.